The van der Waals surface area contributed by atoms with Crippen LogP contribution < -0.4 is 4.87 Å². The van der Waals surface area contributed by atoms with Gasteiger partial charge in [0, 0.05) is 29.0 Å². The van der Waals surface area contributed by atoms with Gasteiger partial charge < -0.3 is 15.2 Å². The quantitative estimate of drug-likeness (QED) is 0.382. The Morgan fingerprint density at radius 2 is 1.74 bits per heavy atom. The number of aromatic hydroxyl groups is 1. The number of rotatable bonds is 7. The third kappa shape index (κ3) is 3.56. The normalized spacial score (nSPS) is 32.6. The number of aliphatic carboxylic acids is 1. The van der Waals surface area contributed by atoms with Gasteiger partial charge in [0.2, 0.25) is 11.8 Å². The molecule has 35 heavy (non-hydrogen) atoms. The van der Waals surface area contributed by atoms with Crippen molar-refractivity contribution in [2.45, 2.75) is 48.3 Å². The van der Waals surface area contributed by atoms with E-state index >= 15 is 0 Å². The lowest BCUT2D eigenvalue weighted by Gasteiger charge is -2.43. The Labute approximate surface area is 209 Å². The molecule has 3 heterocycles. The number of nitrogens with one attached hydrogen (secondary N) is 1. The SMILES string of the molecule is O=C(O)CCCCCN1C(=O)[C@@H]2[C@H]3C[C@@H]([C@@H]2C1=O)[C@@H]1[C@H](c2ccc(O)cc2)c2sc(=O)[nH]c2S[C@@H]31. The molecule has 3 fully saturated rings. The first kappa shape index (κ1) is 22.8. The average Bonchev–Trinajstić information content (AvgIpc) is 3.54. The number of fused-ring (bicyclic) bond motifs is 9. The molecule has 1 aromatic heterocycles. The lowest BCUT2D eigenvalue weighted by molar-refractivity contribution is -0.141. The fraction of sp³-hybridized carbons (Fsp3) is 0.520. The van der Waals surface area contributed by atoms with Crippen LogP contribution in [0.1, 0.15) is 48.5 Å². The molecule has 1 aromatic carbocycles. The van der Waals surface area contributed by atoms with Crippen LogP contribution in [0.15, 0.2) is 34.1 Å². The first-order valence-corrected chi connectivity index (χ1v) is 13.8. The van der Waals surface area contributed by atoms with E-state index in [-0.39, 0.29) is 69.6 Å². The van der Waals surface area contributed by atoms with E-state index in [0.29, 0.717) is 25.8 Å². The third-order valence-electron chi connectivity index (χ3n) is 8.34. The highest BCUT2D eigenvalue weighted by Gasteiger charge is 2.69. The number of carboxylic acids is 1. The van der Waals surface area contributed by atoms with Crippen LogP contribution >= 0.6 is 23.1 Å². The molecule has 2 bridgehead atoms. The average molecular weight is 515 g/mol. The van der Waals surface area contributed by atoms with E-state index in [9.17, 15) is 24.3 Å². The molecule has 8 nitrogen and oxygen atoms in total. The first-order valence-electron chi connectivity index (χ1n) is 12.1. The summed E-state index contributed by atoms with van der Waals surface area (Å²) in [5.74, 6) is -1.17. The Morgan fingerprint density at radius 3 is 2.46 bits per heavy atom. The van der Waals surface area contributed by atoms with Crippen LogP contribution in [0.5, 0.6) is 5.75 Å². The van der Waals surface area contributed by atoms with Crippen LogP contribution in [-0.2, 0) is 14.4 Å². The summed E-state index contributed by atoms with van der Waals surface area (Å²) in [5.41, 5.74) is 1.02. The number of hydrogen-bond acceptors (Lipinski definition) is 7. The number of likely N-dealkylation sites (tertiary alicyclic amines) is 1. The van der Waals surface area contributed by atoms with Crippen LogP contribution in [0.25, 0.3) is 0 Å². The molecular weight excluding hydrogens is 488 g/mol. The number of nitrogens with zero attached hydrogens (tertiary/aromatic N) is 1. The third-order valence-corrected chi connectivity index (χ3v) is 10.9. The van der Waals surface area contributed by atoms with Crippen LogP contribution in [0, 0.1) is 29.6 Å². The summed E-state index contributed by atoms with van der Waals surface area (Å²) in [5, 5.41) is 19.6. The minimum Gasteiger partial charge on any atom is -0.508 e. The number of aromatic amines is 1. The number of phenolic OH excluding ortho intramolecular Hbond substituents is 1. The summed E-state index contributed by atoms with van der Waals surface area (Å²) in [7, 11) is 0. The number of thiazole rings is 1. The Balaban J connectivity index is 1.28. The molecule has 2 aromatic rings. The van der Waals surface area contributed by atoms with Gasteiger partial charge in [0.15, 0.2) is 0 Å². The number of phenols is 1. The Morgan fingerprint density at radius 1 is 1.03 bits per heavy atom. The lowest BCUT2D eigenvalue weighted by Crippen LogP contribution is -2.42. The molecule has 2 amide bonds. The summed E-state index contributed by atoms with van der Waals surface area (Å²) in [6.07, 6.45) is 2.77. The van der Waals surface area contributed by atoms with Crippen molar-refractivity contribution < 1.29 is 24.6 Å². The molecule has 2 saturated carbocycles. The summed E-state index contributed by atoms with van der Waals surface area (Å²) < 4.78 is 0. The van der Waals surface area contributed by atoms with Crippen LogP contribution in [0.4, 0.5) is 0 Å². The lowest BCUT2D eigenvalue weighted by atomic mass is 9.68. The van der Waals surface area contributed by atoms with Crippen molar-refractivity contribution in [3.05, 3.63) is 44.4 Å². The Hall–Kier alpha value is -2.59. The van der Waals surface area contributed by atoms with Crippen LogP contribution in [-0.4, -0.2) is 49.7 Å². The highest BCUT2D eigenvalue weighted by atomic mass is 32.2. The van der Waals surface area contributed by atoms with Crippen molar-refractivity contribution in [1.82, 2.24) is 9.88 Å². The number of carbonyl (C=O) groups is 3. The standard InChI is InChI=1S/C25H26N2O6S2/c28-12-7-5-11(6-8-12)16-17-13-10-14(20(17)34-22-21(16)35-25(33)26-22)19-18(13)23(31)27(24(19)32)9-3-1-2-4-15(29)30/h5-8,13-14,16-20,28H,1-4,9-10H2,(H,26,33)(H,29,30)/t13-,14-,16+,17-,18+,19-,20+/m1/s1. The van der Waals surface area contributed by atoms with Gasteiger partial charge in [0.05, 0.1) is 16.9 Å². The maximum Gasteiger partial charge on any atom is 0.305 e. The molecule has 2 aliphatic heterocycles. The second-order valence-corrected chi connectivity index (χ2v) is 12.3. The predicted molar refractivity (Wildman–Crippen MR) is 129 cm³/mol. The van der Waals surface area contributed by atoms with Crippen LogP contribution in [0.2, 0.25) is 0 Å². The summed E-state index contributed by atoms with van der Waals surface area (Å²) in [6.45, 7) is 0.355. The number of amides is 2. The van der Waals surface area contributed by atoms with E-state index in [1.54, 1.807) is 23.9 Å². The van der Waals surface area contributed by atoms with Gasteiger partial charge in [-0.2, -0.15) is 0 Å². The van der Waals surface area contributed by atoms with Crippen molar-refractivity contribution in [2.24, 2.45) is 29.6 Å². The molecule has 1 saturated heterocycles. The smallest absolute Gasteiger partial charge is 0.305 e. The van der Waals surface area contributed by atoms with Gasteiger partial charge in [0.1, 0.15) is 5.75 Å². The van der Waals surface area contributed by atoms with Gasteiger partial charge >= 0.3 is 10.8 Å². The monoisotopic (exact) mass is 514 g/mol. The molecule has 6 rings (SSSR count). The van der Waals surface area contributed by atoms with E-state index in [1.165, 1.54) is 16.2 Å². The predicted octanol–water partition coefficient (Wildman–Crippen LogP) is 3.26. The fourth-order valence-corrected chi connectivity index (χ4v) is 9.97. The van der Waals surface area contributed by atoms with Gasteiger partial charge in [0.25, 0.3) is 0 Å². The summed E-state index contributed by atoms with van der Waals surface area (Å²) in [6, 6.07) is 7.12. The van der Waals surface area contributed by atoms with Gasteiger partial charge in [-0.3, -0.25) is 24.1 Å². The number of carboxylic acid groups (broad SMARTS) is 1. The molecule has 0 unspecified atom stereocenters. The molecule has 0 radical (unpaired) electrons. The molecule has 3 N–H and O–H groups in total. The highest BCUT2D eigenvalue weighted by Crippen LogP contribution is 2.68. The van der Waals surface area contributed by atoms with E-state index in [1.807, 2.05) is 12.1 Å². The maximum atomic E-state index is 13.5. The van der Waals surface area contributed by atoms with Crippen molar-refractivity contribution in [3.8, 4) is 5.75 Å². The first-order chi connectivity index (χ1) is 16.8. The van der Waals surface area contributed by atoms with E-state index < -0.39 is 5.97 Å². The van der Waals surface area contributed by atoms with Crippen molar-refractivity contribution in [1.29, 1.82) is 0 Å². The van der Waals surface area contributed by atoms with Gasteiger partial charge in [-0.25, -0.2) is 0 Å². The molecule has 0 spiro atoms. The van der Waals surface area contributed by atoms with E-state index in [0.717, 1.165) is 21.9 Å². The van der Waals surface area contributed by atoms with Crippen molar-refractivity contribution in [2.75, 3.05) is 6.54 Å². The molecule has 10 heteroatoms. The number of thioether (sulfide) groups is 1. The number of hydrogen-bond donors (Lipinski definition) is 3. The maximum absolute atomic E-state index is 13.5. The summed E-state index contributed by atoms with van der Waals surface area (Å²) in [4.78, 5) is 55.2. The number of carbonyl (C=O) groups excluding carboxylic acids is 2. The molecule has 4 aliphatic rings. The second-order valence-electron chi connectivity index (χ2n) is 10.1. The zero-order valence-corrected chi connectivity index (χ0v) is 20.5. The van der Waals surface area contributed by atoms with Crippen molar-refractivity contribution >= 4 is 40.9 Å². The number of aromatic nitrogens is 1. The fourth-order valence-electron chi connectivity index (χ4n) is 7.08. The summed E-state index contributed by atoms with van der Waals surface area (Å²) >= 11 is 2.88. The number of H-pyrrole nitrogens is 1. The van der Waals surface area contributed by atoms with Gasteiger partial charge in [-0.05, 0) is 54.7 Å². The Kier molecular flexibility index (Phi) is 5.56. The number of unbranched alkanes of at least 4 members (excludes halogenated alkanes) is 2. The van der Waals surface area contributed by atoms with Crippen molar-refractivity contribution in [3.63, 3.8) is 0 Å². The molecular formula is C25H26N2O6S2. The minimum absolute atomic E-state index is 0.0512. The van der Waals surface area contributed by atoms with Gasteiger partial charge in [-0.1, -0.05) is 29.9 Å². The molecule has 184 valence electrons. The van der Waals surface area contributed by atoms with Crippen LogP contribution in [0.3, 0.4) is 0 Å². The topological polar surface area (TPSA) is 128 Å². The number of imide groups is 1. The Bertz CT molecular complexity index is 1250. The molecule has 2 aliphatic carbocycles. The van der Waals surface area contributed by atoms with E-state index in [2.05, 4.69) is 4.98 Å². The highest BCUT2D eigenvalue weighted by molar-refractivity contribution is 8.00. The number of benzene rings is 1. The van der Waals surface area contributed by atoms with E-state index in [4.69, 9.17) is 5.11 Å². The zero-order chi connectivity index (χ0) is 24.4. The minimum atomic E-state index is -0.831. The largest absolute Gasteiger partial charge is 0.508 e. The molecule has 7 atom stereocenters. The zero-order valence-electron chi connectivity index (χ0n) is 18.9. The second kappa shape index (κ2) is 8.51. The van der Waals surface area contributed by atoms with Gasteiger partial charge in [-0.15, -0.1) is 11.8 Å².